The number of rotatable bonds is 7. The van der Waals surface area contributed by atoms with E-state index in [-0.39, 0.29) is 65.2 Å². The molecule has 0 saturated carbocycles. The van der Waals surface area contributed by atoms with Gasteiger partial charge in [0.15, 0.2) is 0 Å². The van der Waals surface area contributed by atoms with Crippen LogP contribution in [0.3, 0.4) is 0 Å². The van der Waals surface area contributed by atoms with E-state index in [1.165, 1.54) is 16.7 Å². The predicted octanol–water partition coefficient (Wildman–Crippen LogP) is 0.658. The number of aliphatic hydroxyl groups excluding tert-OH is 1. The van der Waals surface area contributed by atoms with Gasteiger partial charge in [0.1, 0.15) is 5.70 Å². The Morgan fingerprint density at radius 2 is 2.12 bits per heavy atom. The van der Waals surface area contributed by atoms with E-state index in [1.54, 1.807) is 25.1 Å². The van der Waals surface area contributed by atoms with Crippen LogP contribution in [0.5, 0.6) is 0 Å². The van der Waals surface area contributed by atoms with Crippen LogP contribution in [0, 0.1) is 17.8 Å². The van der Waals surface area contributed by atoms with Crippen LogP contribution in [0.15, 0.2) is 32.6 Å². The summed E-state index contributed by atoms with van der Waals surface area (Å²) in [5.74, 6) is -1.94. The van der Waals surface area contributed by atoms with Gasteiger partial charge in [0.25, 0.3) is 0 Å². The first-order valence-corrected chi connectivity index (χ1v) is 11.7. The van der Waals surface area contributed by atoms with E-state index in [2.05, 4.69) is 15.5 Å². The smallest absolute Gasteiger partial charge is 0.353 e. The van der Waals surface area contributed by atoms with Gasteiger partial charge in [0, 0.05) is 36.7 Å². The van der Waals surface area contributed by atoms with Crippen LogP contribution in [0.25, 0.3) is 0 Å². The lowest BCUT2D eigenvalue weighted by atomic mass is 9.72. The first kappa shape index (κ1) is 22.9. The van der Waals surface area contributed by atoms with Gasteiger partial charge in [-0.2, -0.15) is 10.2 Å². The summed E-state index contributed by atoms with van der Waals surface area (Å²) in [5, 5.41) is 30.6. The minimum atomic E-state index is -1.10. The van der Waals surface area contributed by atoms with Gasteiger partial charge in [-0.1, -0.05) is 13.8 Å². The molecule has 10 nitrogen and oxygen atoms in total. The fourth-order valence-electron chi connectivity index (χ4n) is 5.15. The number of thioether (sulfide) groups is 1. The van der Waals surface area contributed by atoms with Crippen molar-refractivity contribution < 1.29 is 24.6 Å². The van der Waals surface area contributed by atoms with Crippen LogP contribution in [-0.2, 0) is 14.4 Å². The number of azo groups is 1. The fourth-order valence-corrected chi connectivity index (χ4v) is 6.63. The average Bonchev–Trinajstić information content (AvgIpc) is 3.46. The van der Waals surface area contributed by atoms with Crippen molar-refractivity contribution in [1.82, 2.24) is 15.1 Å². The Morgan fingerprint density at radius 3 is 2.72 bits per heavy atom. The Bertz CT molecular complexity index is 932. The molecule has 2 unspecified atom stereocenters. The molecule has 32 heavy (non-hydrogen) atoms. The van der Waals surface area contributed by atoms with Crippen molar-refractivity contribution in [3.63, 3.8) is 0 Å². The quantitative estimate of drug-likeness (QED) is 0.472. The minimum absolute atomic E-state index is 0.00826. The first-order valence-electron chi connectivity index (χ1n) is 10.8. The van der Waals surface area contributed by atoms with Gasteiger partial charge in [-0.25, -0.2) is 4.79 Å². The van der Waals surface area contributed by atoms with E-state index in [9.17, 15) is 24.6 Å². The molecule has 4 rings (SSSR count). The lowest BCUT2D eigenvalue weighted by molar-refractivity contribution is -0.160. The molecule has 174 valence electrons. The van der Waals surface area contributed by atoms with E-state index in [4.69, 9.17) is 0 Å². The summed E-state index contributed by atoms with van der Waals surface area (Å²) in [6.45, 7) is 4.30. The number of carbonyl (C=O) groups is 3. The molecule has 0 bridgehead atoms. The predicted molar refractivity (Wildman–Crippen MR) is 117 cm³/mol. The topological polar surface area (TPSA) is 135 Å². The number of likely N-dealkylation sites (N-methyl/N-ethyl adjacent to an activating group) is 1. The Balaban J connectivity index is 1.51. The molecule has 2 fully saturated rings. The molecule has 0 aromatic heterocycles. The van der Waals surface area contributed by atoms with Crippen LogP contribution < -0.4 is 5.32 Å². The van der Waals surface area contributed by atoms with Crippen molar-refractivity contribution in [3.05, 3.63) is 22.4 Å². The number of carboxylic acid groups (broad SMARTS) is 1. The molecule has 0 spiro atoms. The molecule has 2 saturated heterocycles. The van der Waals surface area contributed by atoms with Gasteiger partial charge in [-0.05, 0) is 18.4 Å². The van der Waals surface area contributed by atoms with Crippen molar-refractivity contribution in [3.8, 4) is 0 Å². The lowest BCUT2D eigenvalue weighted by Crippen LogP contribution is -2.63. The number of β-lactam (4-membered cyclic amide) rings is 1. The van der Waals surface area contributed by atoms with E-state index in [0.29, 0.717) is 23.6 Å². The van der Waals surface area contributed by atoms with E-state index < -0.39 is 5.97 Å². The highest BCUT2D eigenvalue weighted by atomic mass is 32.2. The van der Waals surface area contributed by atoms with E-state index >= 15 is 0 Å². The summed E-state index contributed by atoms with van der Waals surface area (Å²) in [6, 6.07) is -0.816. The van der Waals surface area contributed by atoms with Crippen LogP contribution in [0.1, 0.15) is 20.3 Å². The number of aliphatic carboxylic acids is 1. The van der Waals surface area contributed by atoms with Crippen LogP contribution in [0.2, 0.25) is 0 Å². The second kappa shape index (κ2) is 8.60. The maximum absolute atomic E-state index is 13.1. The number of amides is 2. The monoisotopic (exact) mass is 463 g/mol. The Labute approximate surface area is 190 Å². The second-order valence-corrected chi connectivity index (χ2v) is 10.4. The van der Waals surface area contributed by atoms with Crippen molar-refractivity contribution >= 4 is 29.5 Å². The summed E-state index contributed by atoms with van der Waals surface area (Å²) < 4.78 is 0. The highest BCUT2D eigenvalue weighted by Gasteiger charge is 2.61. The summed E-state index contributed by atoms with van der Waals surface area (Å²) in [4.78, 5) is 41.2. The Hall–Kier alpha value is -2.24. The summed E-state index contributed by atoms with van der Waals surface area (Å²) in [6.07, 6.45) is 2.38. The van der Waals surface area contributed by atoms with Crippen LogP contribution in [0.4, 0.5) is 0 Å². The highest BCUT2D eigenvalue weighted by Crippen LogP contribution is 2.53. The normalized spacial score (nSPS) is 34.5. The number of hydrogen-bond acceptors (Lipinski definition) is 8. The second-order valence-electron chi connectivity index (χ2n) is 9.08. The highest BCUT2D eigenvalue weighted by molar-refractivity contribution is 8.03. The molecular formula is C21H29N5O5S. The van der Waals surface area contributed by atoms with Gasteiger partial charge >= 0.3 is 5.97 Å². The third-order valence-electron chi connectivity index (χ3n) is 6.86. The molecule has 2 amide bonds. The zero-order valence-corrected chi connectivity index (χ0v) is 19.4. The average molecular weight is 464 g/mol. The number of fused-ring (bicyclic) bond motifs is 1. The molecule has 0 aromatic rings. The molecule has 4 aliphatic heterocycles. The summed E-state index contributed by atoms with van der Waals surface area (Å²) in [5.41, 5.74) is 0.559. The molecule has 4 aliphatic rings. The lowest BCUT2D eigenvalue weighted by Gasteiger charge is -2.48. The number of nitrogens with zero attached hydrogens (tertiary/aromatic N) is 4. The van der Waals surface area contributed by atoms with Crippen LogP contribution in [-0.4, -0.2) is 88.4 Å². The molecule has 7 atom stereocenters. The van der Waals surface area contributed by atoms with Crippen molar-refractivity contribution in [2.75, 3.05) is 27.2 Å². The number of nitrogens with one attached hydrogen (secondary N) is 1. The Morgan fingerprint density at radius 1 is 1.41 bits per heavy atom. The van der Waals surface area contributed by atoms with Crippen molar-refractivity contribution in [1.29, 1.82) is 0 Å². The van der Waals surface area contributed by atoms with Gasteiger partial charge in [0.2, 0.25) is 11.8 Å². The van der Waals surface area contributed by atoms with Crippen molar-refractivity contribution in [2.24, 2.45) is 28.0 Å². The van der Waals surface area contributed by atoms with Crippen LogP contribution >= 0.6 is 11.8 Å². The van der Waals surface area contributed by atoms with Gasteiger partial charge in [-0.3, -0.25) is 9.59 Å². The molecule has 0 radical (unpaired) electrons. The SMILES string of the molecule is CC(C1C=C(CO)N=N1)[C@H]1C(=O)N2C(C(=O)O)=C(S[C@@H]3CN[C@H](C(=O)N(C)C)C3)[C@H](C)[C@H]12. The number of hydrogen-bond donors (Lipinski definition) is 3. The standard InChI is InChI=1S/C21H29N5O5S/c1-9(13-5-11(8-27)23-24-13)15-16-10(2)18(17(21(30)31)26(16)20(15)29)32-12-6-14(22-7-12)19(28)25(3)4/h5,9-10,12-16,22,27H,6-8H2,1-4H3,(H,30,31)/t9?,10-,12+,13?,14+,15-,16-/m1/s1. The molecule has 0 aromatic carbocycles. The zero-order valence-electron chi connectivity index (χ0n) is 18.6. The van der Waals surface area contributed by atoms with Gasteiger partial charge in [-0.15, -0.1) is 11.8 Å². The first-order chi connectivity index (χ1) is 15.1. The van der Waals surface area contributed by atoms with E-state index in [1.807, 2.05) is 13.8 Å². The van der Waals surface area contributed by atoms with E-state index in [0.717, 1.165) is 0 Å². The minimum Gasteiger partial charge on any atom is -0.477 e. The zero-order chi connectivity index (χ0) is 23.3. The molecule has 0 aliphatic carbocycles. The fraction of sp³-hybridized carbons (Fsp3) is 0.667. The van der Waals surface area contributed by atoms with Crippen molar-refractivity contribution in [2.45, 2.75) is 43.6 Å². The summed E-state index contributed by atoms with van der Waals surface area (Å²) >= 11 is 1.48. The largest absolute Gasteiger partial charge is 0.477 e. The maximum atomic E-state index is 13.1. The molecule has 4 heterocycles. The molecule has 11 heteroatoms. The van der Waals surface area contributed by atoms with Gasteiger partial charge < -0.3 is 25.3 Å². The molecule has 3 N–H and O–H groups in total. The maximum Gasteiger partial charge on any atom is 0.353 e. The van der Waals surface area contributed by atoms with Gasteiger partial charge in [0.05, 0.1) is 36.3 Å². The summed E-state index contributed by atoms with van der Waals surface area (Å²) in [7, 11) is 3.43. The third kappa shape index (κ3) is 3.65. The third-order valence-corrected chi connectivity index (χ3v) is 8.38. The number of aliphatic hydroxyl groups is 1. The Kier molecular flexibility index (Phi) is 6.17. The number of carbonyl (C=O) groups excluding carboxylic acids is 2. The molecular weight excluding hydrogens is 434 g/mol. The number of carboxylic acids is 1.